The summed E-state index contributed by atoms with van der Waals surface area (Å²) in [5.41, 5.74) is 2.47. The number of amides is 1. The van der Waals surface area contributed by atoms with Gasteiger partial charge in [-0.3, -0.25) is 4.79 Å². The topological polar surface area (TPSA) is 60.0 Å². The largest absolute Gasteiger partial charge is 0.371 e. The van der Waals surface area contributed by atoms with Gasteiger partial charge in [0.15, 0.2) is 5.96 Å². The molecular weight excluding hydrogens is 350 g/mol. The third-order valence-electron chi connectivity index (χ3n) is 4.57. The molecule has 0 radical (unpaired) electrons. The van der Waals surface area contributed by atoms with Crippen molar-refractivity contribution in [2.24, 2.45) is 10.9 Å². The van der Waals surface area contributed by atoms with E-state index in [2.05, 4.69) is 33.5 Å². The highest BCUT2D eigenvalue weighted by Gasteiger charge is 2.24. The van der Waals surface area contributed by atoms with Crippen LogP contribution in [0.1, 0.15) is 18.9 Å². The molecule has 0 aliphatic carbocycles. The van der Waals surface area contributed by atoms with Crippen LogP contribution in [0, 0.1) is 12.8 Å². The molecule has 1 fully saturated rings. The highest BCUT2D eigenvalue weighted by molar-refractivity contribution is 6.30. The summed E-state index contributed by atoms with van der Waals surface area (Å²) in [4.78, 5) is 20.0. The number of nitrogens with zero attached hydrogens (tertiary/aromatic N) is 3. The van der Waals surface area contributed by atoms with Crippen LogP contribution in [0.4, 0.5) is 5.69 Å². The maximum atomic E-state index is 11.7. The molecule has 1 amide bonds. The van der Waals surface area contributed by atoms with Crippen LogP contribution in [0.15, 0.2) is 23.2 Å². The van der Waals surface area contributed by atoms with E-state index in [9.17, 15) is 4.79 Å². The number of guanidine groups is 1. The van der Waals surface area contributed by atoms with Crippen LogP contribution in [0.25, 0.3) is 0 Å². The summed E-state index contributed by atoms with van der Waals surface area (Å²) in [5.74, 6) is 1.22. The first-order chi connectivity index (χ1) is 12.4. The van der Waals surface area contributed by atoms with Gasteiger partial charge in [-0.25, -0.2) is 4.99 Å². The normalized spacial score (nSPS) is 17.3. The third kappa shape index (κ3) is 5.80. The van der Waals surface area contributed by atoms with Gasteiger partial charge in [-0.15, -0.1) is 0 Å². The first-order valence-electron chi connectivity index (χ1n) is 9.14. The highest BCUT2D eigenvalue weighted by Crippen LogP contribution is 2.29. The van der Waals surface area contributed by atoms with Gasteiger partial charge in [-0.1, -0.05) is 17.7 Å². The predicted molar refractivity (Wildman–Crippen MR) is 109 cm³/mol. The number of benzene rings is 1. The Morgan fingerprint density at radius 1 is 1.38 bits per heavy atom. The second kappa shape index (κ2) is 9.67. The molecular formula is C19H30ClN5O. The van der Waals surface area contributed by atoms with Crippen molar-refractivity contribution in [1.29, 1.82) is 0 Å². The number of anilines is 1. The fourth-order valence-electron chi connectivity index (χ4n) is 3.01. The SMILES string of the molecule is CCNC(=NCC(=O)N(C)C)NCC1CCN(c2cc(Cl)ccc2C)C1. The minimum Gasteiger partial charge on any atom is -0.371 e. The van der Waals surface area contributed by atoms with E-state index < -0.39 is 0 Å². The molecule has 0 spiro atoms. The molecule has 1 atom stereocenters. The van der Waals surface area contributed by atoms with Crippen LogP contribution in [-0.2, 0) is 4.79 Å². The van der Waals surface area contributed by atoms with Crippen molar-refractivity contribution in [3.63, 3.8) is 0 Å². The van der Waals surface area contributed by atoms with Gasteiger partial charge < -0.3 is 20.4 Å². The highest BCUT2D eigenvalue weighted by atomic mass is 35.5. The lowest BCUT2D eigenvalue weighted by atomic mass is 10.1. The molecule has 7 heteroatoms. The van der Waals surface area contributed by atoms with Crippen LogP contribution in [0.2, 0.25) is 5.02 Å². The maximum absolute atomic E-state index is 11.7. The quantitative estimate of drug-likeness (QED) is 0.587. The van der Waals surface area contributed by atoms with E-state index in [-0.39, 0.29) is 12.5 Å². The molecule has 1 aliphatic heterocycles. The second-order valence-electron chi connectivity index (χ2n) is 6.90. The van der Waals surface area contributed by atoms with E-state index in [4.69, 9.17) is 11.6 Å². The van der Waals surface area contributed by atoms with E-state index in [1.54, 1.807) is 19.0 Å². The van der Waals surface area contributed by atoms with Crippen molar-refractivity contribution in [2.75, 3.05) is 51.7 Å². The number of hydrogen-bond acceptors (Lipinski definition) is 3. The zero-order valence-corrected chi connectivity index (χ0v) is 16.9. The van der Waals surface area contributed by atoms with Crippen LogP contribution in [0.5, 0.6) is 0 Å². The summed E-state index contributed by atoms with van der Waals surface area (Å²) < 4.78 is 0. The van der Waals surface area contributed by atoms with Gasteiger partial charge in [-0.2, -0.15) is 0 Å². The van der Waals surface area contributed by atoms with Gasteiger partial charge >= 0.3 is 0 Å². The van der Waals surface area contributed by atoms with E-state index in [1.165, 1.54) is 11.3 Å². The number of aryl methyl sites for hydroxylation is 1. The Morgan fingerprint density at radius 2 is 2.15 bits per heavy atom. The van der Waals surface area contributed by atoms with Gasteiger partial charge in [0.2, 0.25) is 5.91 Å². The lowest BCUT2D eigenvalue weighted by Gasteiger charge is -2.21. The molecule has 2 N–H and O–H groups in total. The Kier molecular flexibility index (Phi) is 7.57. The number of likely N-dealkylation sites (N-methyl/N-ethyl adjacent to an activating group) is 1. The zero-order chi connectivity index (χ0) is 19.1. The average Bonchev–Trinajstić information content (AvgIpc) is 3.07. The summed E-state index contributed by atoms with van der Waals surface area (Å²) in [6.45, 7) is 7.91. The van der Waals surface area contributed by atoms with Gasteiger partial charge in [0.1, 0.15) is 6.54 Å². The van der Waals surface area contributed by atoms with Crippen molar-refractivity contribution in [3.05, 3.63) is 28.8 Å². The van der Waals surface area contributed by atoms with E-state index in [1.807, 2.05) is 19.1 Å². The van der Waals surface area contributed by atoms with Gasteiger partial charge in [-0.05, 0) is 43.9 Å². The number of halogens is 1. The van der Waals surface area contributed by atoms with Gasteiger partial charge in [0.25, 0.3) is 0 Å². The van der Waals surface area contributed by atoms with Crippen molar-refractivity contribution < 1.29 is 4.79 Å². The Bertz CT molecular complexity index is 647. The average molecular weight is 380 g/mol. The number of carbonyl (C=O) groups is 1. The van der Waals surface area contributed by atoms with Gasteiger partial charge in [0.05, 0.1) is 0 Å². The standard InChI is InChI=1S/C19H30ClN5O/c1-5-21-19(23-12-18(26)24(3)4)22-11-15-8-9-25(13-15)17-10-16(20)7-6-14(17)2/h6-7,10,15H,5,8-9,11-13H2,1-4H3,(H2,21,22,23). The summed E-state index contributed by atoms with van der Waals surface area (Å²) in [6.07, 6.45) is 1.12. The zero-order valence-electron chi connectivity index (χ0n) is 16.2. The van der Waals surface area contributed by atoms with Crippen LogP contribution in [-0.4, -0.2) is 63.6 Å². The molecule has 1 saturated heterocycles. The lowest BCUT2D eigenvalue weighted by molar-refractivity contribution is -0.127. The number of hydrogen-bond donors (Lipinski definition) is 2. The summed E-state index contributed by atoms with van der Waals surface area (Å²) in [7, 11) is 3.48. The molecule has 26 heavy (non-hydrogen) atoms. The molecule has 1 unspecified atom stereocenters. The minimum atomic E-state index is -0.00863. The van der Waals surface area contributed by atoms with Crippen LogP contribution >= 0.6 is 11.6 Å². The molecule has 6 nitrogen and oxygen atoms in total. The smallest absolute Gasteiger partial charge is 0.243 e. The molecule has 1 aliphatic rings. The van der Waals surface area contributed by atoms with Gasteiger partial charge in [0, 0.05) is 51.0 Å². The minimum absolute atomic E-state index is 0.00863. The van der Waals surface area contributed by atoms with Crippen molar-refractivity contribution >= 4 is 29.2 Å². The molecule has 0 aromatic heterocycles. The van der Waals surface area contributed by atoms with Crippen molar-refractivity contribution in [1.82, 2.24) is 15.5 Å². The number of nitrogens with one attached hydrogen (secondary N) is 2. The van der Waals surface area contributed by atoms with E-state index >= 15 is 0 Å². The number of carbonyl (C=O) groups excluding carboxylic acids is 1. The van der Waals surface area contributed by atoms with E-state index in [0.717, 1.165) is 37.6 Å². The maximum Gasteiger partial charge on any atom is 0.243 e. The molecule has 144 valence electrons. The molecule has 1 aromatic carbocycles. The monoisotopic (exact) mass is 379 g/mol. The van der Waals surface area contributed by atoms with Crippen LogP contribution in [0.3, 0.4) is 0 Å². The first-order valence-corrected chi connectivity index (χ1v) is 9.52. The summed E-state index contributed by atoms with van der Waals surface area (Å²) >= 11 is 6.16. The van der Waals surface area contributed by atoms with Crippen molar-refractivity contribution in [3.8, 4) is 0 Å². The fourth-order valence-corrected chi connectivity index (χ4v) is 3.18. The lowest BCUT2D eigenvalue weighted by Crippen LogP contribution is -2.41. The predicted octanol–water partition coefficient (Wildman–Crippen LogP) is 2.12. The second-order valence-corrected chi connectivity index (χ2v) is 7.33. The Balaban J connectivity index is 1.89. The first kappa shape index (κ1) is 20.4. The summed E-state index contributed by atoms with van der Waals surface area (Å²) in [6, 6.07) is 6.05. The molecule has 0 saturated carbocycles. The molecule has 1 heterocycles. The van der Waals surface area contributed by atoms with E-state index in [0.29, 0.717) is 11.9 Å². The summed E-state index contributed by atoms with van der Waals surface area (Å²) in [5, 5.41) is 7.34. The van der Waals surface area contributed by atoms with Crippen LogP contribution < -0.4 is 15.5 Å². The third-order valence-corrected chi connectivity index (χ3v) is 4.81. The van der Waals surface area contributed by atoms with Crippen molar-refractivity contribution in [2.45, 2.75) is 20.3 Å². The molecule has 1 aromatic rings. The Morgan fingerprint density at radius 3 is 2.85 bits per heavy atom. The molecule has 0 bridgehead atoms. The number of rotatable bonds is 6. The fraction of sp³-hybridized carbons (Fsp3) is 0.579. The number of aliphatic imine (C=N–C) groups is 1. The molecule has 2 rings (SSSR count). The Labute approximate surface area is 161 Å². The Hall–Kier alpha value is -1.95.